The van der Waals surface area contributed by atoms with Crippen molar-refractivity contribution >= 4 is 28.4 Å². The number of aromatic amines is 1. The van der Waals surface area contributed by atoms with Gasteiger partial charge in [0.25, 0.3) is 11.5 Å². The van der Waals surface area contributed by atoms with Crippen molar-refractivity contribution in [3.8, 4) is 0 Å². The summed E-state index contributed by atoms with van der Waals surface area (Å²) >= 11 is 6.03. The molecule has 132 valence electrons. The highest BCUT2D eigenvalue weighted by molar-refractivity contribution is 6.30. The van der Waals surface area contributed by atoms with Crippen molar-refractivity contribution in [2.45, 2.75) is 32.4 Å². The molecule has 0 unspecified atom stereocenters. The Morgan fingerprint density at radius 2 is 2.00 bits per heavy atom. The third-order valence-electron chi connectivity index (χ3n) is 4.74. The Kier molecular flexibility index (Phi) is 4.29. The summed E-state index contributed by atoms with van der Waals surface area (Å²) in [6, 6.07) is 14.9. The molecule has 4 nitrogen and oxygen atoms in total. The Bertz CT molecular complexity index is 1050. The monoisotopic (exact) mass is 366 g/mol. The molecule has 3 aromatic rings. The second kappa shape index (κ2) is 6.61. The van der Waals surface area contributed by atoms with Crippen LogP contribution in [-0.2, 0) is 6.54 Å². The van der Waals surface area contributed by atoms with Crippen LogP contribution in [0.1, 0.15) is 34.3 Å². The van der Waals surface area contributed by atoms with Crippen LogP contribution >= 0.6 is 11.6 Å². The molecule has 0 aliphatic heterocycles. The molecule has 5 heteroatoms. The van der Waals surface area contributed by atoms with Crippen LogP contribution in [-0.4, -0.2) is 21.8 Å². The number of nitrogens with zero attached hydrogens (tertiary/aromatic N) is 1. The Hall–Kier alpha value is -2.59. The van der Waals surface area contributed by atoms with Gasteiger partial charge in [-0.1, -0.05) is 29.3 Å². The summed E-state index contributed by atoms with van der Waals surface area (Å²) in [4.78, 5) is 30.2. The maximum absolute atomic E-state index is 13.0. The number of benzene rings is 2. The van der Waals surface area contributed by atoms with Crippen LogP contribution in [0.4, 0.5) is 0 Å². The molecule has 1 aliphatic rings. The van der Waals surface area contributed by atoms with E-state index in [0.29, 0.717) is 22.7 Å². The van der Waals surface area contributed by atoms with Crippen molar-refractivity contribution in [3.05, 3.63) is 80.6 Å². The maximum atomic E-state index is 13.0. The fourth-order valence-corrected chi connectivity index (χ4v) is 3.40. The van der Waals surface area contributed by atoms with Crippen LogP contribution in [0.5, 0.6) is 0 Å². The first-order chi connectivity index (χ1) is 12.5. The van der Waals surface area contributed by atoms with Gasteiger partial charge in [0, 0.05) is 27.7 Å². The molecule has 0 spiro atoms. The number of fused-ring (bicyclic) bond motifs is 1. The Morgan fingerprint density at radius 3 is 2.73 bits per heavy atom. The number of aromatic nitrogens is 1. The third kappa shape index (κ3) is 3.37. The molecule has 1 aliphatic carbocycles. The molecular weight excluding hydrogens is 348 g/mol. The van der Waals surface area contributed by atoms with E-state index in [1.54, 1.807) is 29.2 Å². The number of nitrogens with one attached hydrogen (secondary N) is 1. The van der Waals surface area contributed by atoms with Crippen molar-refractivity contribution < 1.29 is 4.79 Å². The van der Waals surface area contributed by atoms with Crippen molar-refractivity contribution in [1.29, 1.82) is 0 Å². The molecule has 0 radical (unpaired) electrons. The standard InChI is InChI=1S/C21H19ClN2O2/c1-13-5-8-19-15(9-13)10-16(20(25)23-19)12-24(18-6-7-18)21(26)14-3-2-4-17(22)11-14/h2-5,8-11,18H,6-7,12H2,1H3,(H,23,25). The van der Waals surface area contributed by atoms with Gasteiger partial charge in [-0.25, -0.2) is 0 Å². The van der Waals surface area contributed by atoms with Crippen LogP contribution in [0, 0.1) is 6.92 Å². The van der Waals surface area contributed by atoms with Crippen molar-refractivity contribution in [3.63, 3.8) is 0 Å². The van der Waals surface area contributed by atoms with E-state index in [1.807, 2.05) is 31.2 Å². The van der Waals surface area contributed by atoms with E-state index in [2.05, 4.69) is 4.98 Å². The Labute approximate surface area is 156 Å². The molecule has 4 rings (SSSR count). The average molecular weight is 367 g/mol. The van der Waals surface area contributed by atoms with E-state index in [-0.39, 0.29) is 17.5 Å². The van der Waals surface area contributed by atoms with Crippen LogP contribution in [0.25, 0.3) is 10.9 Å². The number of pyridine rings is 1. The highest BCUT2D eigenvalue weighted by Gasteiger charge is 2.33. The van der Waals surface area contributed by atoms with Crippen molar-refractivity contribution in [2.75, 3.05) is 0 Å². The van der Waals surface area contributed by atoms with E-state index in [0.717, 1.165) is 29.3 Å². The van der Waals surface area contributed by atoms with Crippen molar-refractivity contribution in [2.24, 2.45) is 0 Å². The second-order valence-corrected chi connectivity index (χ2v) is 7.33. The number of amides is 1. The topological polar surface area (TPSA) is 53.2 Å². The zero-order valence-electron chi connectivity index (χ0n) is 14.5. The van der Waals surface area contributed by atoms with E-state index < -0.39 is 0 Å². The normalized spacial score (nSPS) is 13.8. The van der Waals surface area contributed by atoms with Gasteiger partial charge in [0.2, 0.25) is 0 Å². The molecule has 26 heavy (non-hydrogen) atoms. The van der Waals surface area contributed by atoms with Crippen LogP contribution in [0.3, 0.4) is 0 Å². The maximum Gasteiger partial charge on any atom is 0.254 e. The molecule has 1 saturated carbocycles. The fourth-order valence-electron chi connectivity index (χ4n) is 3.21. The highest BCUT2D eigenvalue weighted by Crippen LogP contribution is 2.30. The summed E-state index contributed by atoms with van der Waals surface area (Å²) in [6.45, 7) is 2.32. The molecule has 0 bridgehead atoms. The zero-order chi connectivity index (χ0) is 18.3. The van der Waals surface area contributed by atoms with E-state index in [1.165, 1.54) is 0 Å². The Morgan fingerprint density at radius 1 is 1.19 bits per heavy atom. The molecule has 0 saturated heterocycles. The minimum Gasteiger partial charge on any atom is -0.331 e. The quantitative estimate of drug-likeness (QED) is 0.748. The lowest BCUT2D eigenvalue weighted by Crippen LogP contribution is -2.34. The van der Waals surface area contributed by atoms with E-state index in [4.69, 9.17) is 11.6 Å². The third-order valence-corrected chi connectivity index (χ3v) is 4.97. The molecule has 1 heterocycles. The number of halogens is 1. The predicted octanol–water partition coefficient (Wildman–Crippen LogP) is 4.29. The van der Waals surface area contributed by atoms with Crippen LogP contribution in [0.2, 0.25) is 5.02 Å². The predicted molar refractivity (Wildman–Crippen MR) is 104 cm³/mol. The number of aryl methyl sites for hydroxylation is 1. The second-order valence-electron chi connectivity index (χ2n) is 6.89. The number of hydrogen-bond donors (Lipinski definition) is 1. The van der Waals surface area contributed by atoms with Gasteiger partial charge in [0.05, 0.1) is 6.54 Å². The average Bonchev–Trinajstić information content (AvgIpc) is 3.44. The van der Waals surface area contributed by atoms with E-state index in [9.17, 15) is 9.59 Å². The van der Waals surface area contributed by atoms with Gasteiger partial charge < -0.3 is 9.88 Å². The summed E-state index contributed by atoms with van der Waals surface area (Å²) < 4.78 is 0. The van der Waals surface area contributed by atoms with E-state index >= 15 is 0 Å². The van der Waals surface area contributed by atoms with Gasteiger partial charge in [-0.15, -0.1) is 0 Å². The van der Waals surface area contributed by atoms with Gasteiger partial charge in [0.1, 0.15) is 0 Å². The first-order valence-electron chi connectivity index (χ1n) is 8.70. The van der Waals surface area contributed by atoms with Gasteiger partial charge in [-0.3, -0.25) is 9.59 Å². The summed E-state index contributed by atoms with van der Waals surface area (Å²) in [5.74, 6) is -0.0845. The van der Waals surface area contributed by atoms with Crippen LogP contribution in [0.15, 0.2) is 53.3 Å². The van der Waals surface area contributed by atoms with Gasteiger partial charge in [-0.2, -0.15) is 0 Å². The lowest BCUT2D eigenvalue weighted by atomic mass is 10.1. The lowest BCUT2D eigenvalue weighted by Gasteiger charge is -2.22. The molecule has 0 atom stereocenters. The minimum atomic E-state index is -0.147. The minimum absolute atomic E-state index is 0.0845. The largest absolute Gasteiger partial charge is 0.331 e. The Balaban J connectivity index is 1.69. The zero-order valence-corrected chi connectivity index (χ0v) is 15.2. The first-order valence-corrected chi connectivity index (χ1v) is 9.08. The SMILES string of the molecule is Cc1ccc2[nH]c(=O)c(CN(C(=O)c3cccc(Cl)c3)C3CC3)cc2c1. The molecule has 1 amide bonds. The number of H-pyrrole nitrogens is 1. The molecule has 1 fully saturated rings. The van der Waals surface area contributed by atoms with Gasteiger partial charge >= 0.3 is 0 Å². The molecule has 1 aromatic heterocycles. The van der Waals surface area contributed by atoms with Crippen molar-refractivity contribution in [1.82, 2.24) is 9.88 Å². The molecule has 1 N–H and O–H groups in total. The number of hydrogen-bond acceptors (Lipinski definition) is 2. The molecular formula is C21H19ClN2O2. The number of carbonyl (C=O) groups excluding carboxylic acids is 1. The molecule has 2 aromatic carbocycles. The fraction of sp³-hybridized carbons (Fsp3) is 0.238. The number of rotatable bonds is 4. The highest BCUT2D eigenvalue weighted by atomic mass is 35.5. The smallest absolute Gasteiger partial charge is 0.254 e. The van der Waals surface area contributed by atoms with Gasteiger partial charge in [-0.05, 0) is 61.5 Å². The van der Waals surface area contributed by atoms with Gasteiger partial charge in [0.15, 0.2) is 0 Å². The number of carbonyl (C=O) groups is 1. The first kappa shape index (κ1) is 16.9. The summed E-state index contributed by atoms with van der Waals surface area (Å²) in [7, 11) is 0. The lowest BCUT2D eigenvalue weighted by molar-refractivity contribution is 0.0729. The summed E-state index contributed by atoms with van der Waals surface area (Å²) in [5, 5.41) is 1.51. The summed E-state index contributed by atoms with van der Waals surface area (Å²) in [6.07, 6.45) is 1.94. The summed E-state index contributed by atoms with van der Waals surface area (Å²) in [5.41, 5.74) is 2.95. The van der Waals surface area contributed by atoms with Crippen LogP contribution < -0.4 is 5.56 Å².